The van der Waals surface area contributed by atoms with Crippen molar-refractivity contribution < 1.29 is 33.6 Å². The summed E-state index contributed by atoms with van der Waals surface area (Å²) >= 11 is 0. The fourth-order valence-corrected chi connectivity index (χ4v) is 6.57. The van der Waals surface area contributed by atoms with Crippen LogP contribution in [0.5, 0.6) is 0 Å². The molecule has 0 amide bonds. The molecule has 0 unspecified atom stereocenters. The van der Waals surface area contributed by atoms with Gasteiger partial charge in [0.2, 0.25) is 0 Å². The zero-order valence-electron chi connectivity index (χ0n) is 8.07. The van der Waals surface area contributed by atoms with E-state index >= 15 is 0 Å². The second-order valence-electron chi connectivity index (χ2n) is 2.44. The molecule has 92 valence electrons. The Morgan fingerprint density at radius 2 is 1.07 bits per heavy atom. The van der Waals surface area contributed by atoms with Crippen molar-refractivity contribution in [3.05, 3.63) is 0 Å². The van der Waals surface area contributed by atoms with E-state index in [9.17, 15) is 25.3 Å². The van der Waals surface area contributed by atoms with Crippen molar-refractivity contribution in [3.63, 3.8) is 0 Å². The quantitative estimate of drug-likeness (QED) is 0.545. The van der Waals surface area contributed by atoms with Crippen LogP contribution in [0.15, 0.2) is 0 Å². The van der Waals surface area contributed by atoms with Crippen LogP contribution >= 0.6 is 0 Å². The minimum atomic E-state index is -4.79. The van der Waals surface area contributed by atoms with Gasteiger partial charge >= 0.3 is 24.2 Å². The first-order valence-corrected chi connectivity index (χ1v) is 8.16. The number of sulfone groups is 1. The van der Waals surface area contributed by atoms with Crippen LogP contribution in [0.2, 0.25) is 0 Å². The minimum absolute atomic E-state index is 0.449. The third-order valence-electron chi connectivity index (χ3n) is 1.29. The Morgan fingerprint density at radius 1 is 0.800 bits per heavy atom. The number of hydrogen-bond acceptors (Lipinski definition) is 8. The highest BCUT2D eigenvalue weighted by molar-refractivity contribution is 8.21. The van der Waals surface area contributed by atoms with Gasteiger partial charge in [-0.15, -0.1) is 0 Å². The summed E-state index contributed by atoms with van der Waals surface area (Å²) in [5.74, 6) is 0. The van der Waals surface area contributed by atoms with Gasteiger partial charge in [-0.1, -0.05) is 0 Å². The van der Waals surface area contributed by atoms with Crippen molar-refractivity contribution in [2.75, 3.05) is 20.5 Å². The van der Waals surface area contributed by atoms with Crippen LogP contribution in [0.25, 0.3) is 0 Å². The summed E-state index contributed by atoms with van der Waals surface area (Å²) in [5, 5.41) is 0. The third kappa shape index (κ3) is 3.38. The van der Waals surface area contributed by atoms with Crippen molar-refractivity contribution >= 4 is 30.1 Å². The molecule has 0 rings (SSSR count). The van der Waals surface area contributed by atoms with Gasteiger partial charge in [-0.3, -0.25) is 8.37 Å². The molecule has 0 aliphatic rings. The average Bonchev–Trinajstić information content (AvgIpc) is 2.00. The molecule has 0 saturated carbocycles. The predicted molar refractivity (Wildman–Crippen MR) is 50.5 cm³/mol. The molecule has 0 aromatic rings. The summed E-state index contributed by atoms with van der Waals surface area (Å²) in [6.45, 7) is 0. The summed E-state index contributed by atoms with van der Waals surface area (Å²) in [5.41, 5.74) is 0. The van der Waals surface area contributed by atoms with Crippen molar-refractivity contribution in [1.29, 1.82) is 0 Å². The van der Waals surface area contributed by atoms with Crippen LogP contribution in [0.4, 0.5) is 0 Å². The fourth-order valence-electron chi connectivity index (χ4n) is 0.730. The molecular weight excluding hydrogens is 272 g/mol. The molecule has 0 spiro atoms. The summed E-state index contributed by atoms with van der Waals surface area (Å²) in [6, 6.07) is 0. The molecule has 0 radical (unpaired) electrons. The van der Waals surface area contributed by atoms with Crippen LogP contribution in [0, 0.1) is 0 Å². The Hall–Kier alpha value is -0.230. The average molecular weight is 282 g/mol. The Kier molecular flexibility index (Phi) is 4.26. The maximum absolute atomic E-state index is 11.1. The van der Waals surface area contributed by atoms with Crippen LogP contribution < -0.4 is 0 Å². The molecule has 15 heavy (non-hydrogen) atoms. The molecular formula is C4H10O8S3. The molecule has 0 bridgehead atoms. The minimum Gasteiger partial charge on any atom is -0.272 e. The van der Waals surface area contributed by atoms with Gasteiger partial charge in [0, 0.05) is 6.26 Å². The van der Waals surface area contributed by atoms with Gasteiger partial charge in [0.1, 0.15) is 0 Å². The maximum Gasteiger partial charge on any atom is 0.311 e. The normalized spacial score (nSPS) is 14.4. The standard InChI is InChI=1S/C4H10O8S3/c1-11-14(7,8)4(13(3,5)6)15(9,10)12-2/h4H,1-3H3. The topological polar surface area (TPSA) is 121 Å². The van der Waals surface area contributed by atoms with Gasteiger partial charge in [-0.2, -0.15) is 16.8 Å². The lowest BCUT2D eigenvalue weighted by atomic mass is 11.8. The second kappa shape index (κ2) is 4.33. The Morgan fingerprint density at radius 3 is 1.20 bits per heavy atom. The van der Waals surface area contributed by atoms with Crippen LogP contribution in [0.1, 0.15) is 0 Å². The molecule has 0 aromatic heterocycles. The zero-order valence-corrected chi connectivity index (χ0v) is 10.5. The van der Waals surface area contributed by atoms with Gasteiger partial charge in [-0.25, -0.2) is 8.42 Å². The molecule has 0 fully saturated rings. The Labute approximate surface area is 88.4 Å². The van der Waals surface area contributed by atoms with Crippen molar-refractivity contribution in [2.24, 2.45) is 0 Å². The summed E-state index contributed by atoms with van der Waals surface area (Å²) < 4.78 is 71.3. The summed E-state index contributed by atoms with van der Waals surface area (Å²) in [7, 11) is -12.7. The molecule has 0 N–H and O–H groups in total. The Bertz CT molecular complexity index is 474. The molecule has 8 nitrogen and oxygen atoms in total. The highest BCUT2D eigenvalue weighted by Crippen LogP contribution is 2.18. The lowest BCUT2D eigenvalue weighted by molar-refractivity contribution is 0.382. The Balaban J connectivity index is 5.95. The van der Waals surface area contributed by atoms with Gasteiger partial charge < -0.3 is 0 Å². The maximum atomic E-state index is 11.1. The lowest BCUT2D eigenvalue weighted by Gasteiger charge is -2.12. The van der Waals surface area contributed by atoms with E-state index in [-0.39, 0.29) is 0 Å². The van der Waals surface area contributed by atoms with E-state index in [1.54, 1.807) is 0 Å². The molecule has 0 heterocycles. The van der Waals surface area contributed by atoms with Crippen molar-refractivity contribution in [1.82, 2.24) is 0 Å². The number of hydrogen-bond donors (Lipinski definition) is 0. The summed E-state index contributed by atoms with van der Waals surface area (Å²) in [4.78, 5) is 0. The first-order valence-electron chi connectivity index (χ1n) is 3.27. The van der Waals surface area contributed by atoms with Crippen LogP contribution in [-0.4, -0.2) is 49.6 Å². The molecule has 0 saturated heterocycles. The number of rotatable bonds is 5. The first-order chi connectivity index (χ1) is 6.49. The van der Waals surface area contributed by atoms with E-state index in [1.807, 2.05) is 0 Å². The molecule has 0 atom stereocenters. The third-order valence-corrected chi connectivity index (χ3v) is 8.78. The highest BCUT2D eigenvalue weighted by Gasteiger charge is 2.47. The van der Waals surface area contributed by atoms with E-state index in [1.165, 1.54) is 0 Å². The SMILES string of the molecule is COS(=O)(=O)C(S(C)(=O)=O)S(=O)(=O)OC. The van der Waals surface area contributed by atoms with E-state index in [0.29, 0.717) is 20.5 Å². The van der Waals surface area contributed by atoms with E-state index in [4.69, 9.17) is 0 Å². The van der Waals surface area contributed by atoms with Crippen molar-refractivity contribution in [2.45, 2.75) is 3.91 Å². The van der Waals surface area contributed by atoms with E-state index < -0.39 is 34.0 Å². The highest BCUT2D eigenvalue weighted by atomic mass is 32.3. The monoisotopic (exact) mass is 282 g/mol. The molecule has 0 aromatic carbocycles. The van der Waals surface area contributed by atoms with E-state index in [0.717, 1.165) is 0 Å². The smallest absolute Gasteiger partial charge is 0.272 e. The largest absolute Gasteiger partial charge is 0.311 e. The predicted octanol–water partition coefficient (Wildman–Crippen LogP) is -1.73. The fraction of sp³-hybridized carbons (Fsp3) is 1.00. The molecule has 0 aliphatic carbocycles. The van der Waals surface area contributed by atoms with Crippen molar-refractivity contribution in [3.8, 4) is 0 Å². The second-order valence-corrected chi connectivity index (χ2v) is 9.04. The van der Waals surface area contributed by atoms with Gasteiger partial charge in [0.05, 0.1) is 14.2 Å². The lowest BCUT2D eigenvalue weighted by Crippen LogP contribution is -2.38. The summed E-state index contributed by atoms with van der Waals surface area (Å²) in [6.07, 6.45) is 0.449. The molecule has 11 heteroatoms. The van der Waals surface area contributed by atoms with Gasteiger partial charge in [-0.05, 0) is 0 Å². The van der Waals surface area contributed by atoms with Gasteiger partial charge in [0.25, 0.3) is 0 Å². The van der Waals surface area contributed by atoms with Gasteiger partial charge in [0.15, 0.2) is 9.84 Å². The zero-order chi connectivity index (χ0) is 12.5. The van der Waals surface area contributed by atoms with Crippen LogP contribution in [0.3, 0.4) is 0 Å². The van der Waals surface area contributed by atoms with Crippen LogP contribution in [-0.2, 0) is 38.4 Å². The first kappa shape index (κ1) is 14.8. The van der Waals surface area contributed by atoms with E-state index in [2.05, 4.69) is 8.37 Å². The molecule has 0 aliphatic heterocycles.